The van der Waals surface area contributed by atoms with Gasteiger partial charge >= 0.3 is 0 Å². The van der Waals surface area contributed by atoms with Gasteiger partial charge in [0.1, 0.15) is 13.2 Å². The van der Waals surface area contributed by atoms with Crippen molar-refractivity contribution in [1.29, 1.82) is 0 Å². The molecule has 0 fully saturated rings. The van der Waals surface area contributed by atoms with E-state index in [0.717, 1.165) is 24.3 Å². The van der Waals surface area contributed by atoms with Crippen LogP contribution in [0.2, 0.25) is 0 Å². The Hall–Kier alpha value is -2.49. The topological polar surface area (TPSA) is 47.6 Å². The van der Waals surface area contributed by atoms with Crippen molar-refractivity contribution in [3.05, 3.63) is 53.1 Å². The lowest BCUT2D eigenvalue weighted by atomic mass is 10.1. The van der Waals surface area contributed by atoms with E-state index < -0.39 is 0 Å². The molecule has 4 rings (SSSR count). The predicted octanol–water partition coefficient (Wildman–Crippen LogP) is 3.20. The van der Waals surface area contributed by atoms with E-state index in [1.165, 1.54) is 17.5 Å². The maximum absolute atomic E-state index is 12.4. The summed E-state index contributed by atoms with van der Waals surface area (Å²) < 4.78 is 11.0. The summed E-state index contributed by atoms with van der Waals surface area (Å²) in [6, 6.07) is 11.4. The molecule has 0 unspecified atom stereocenters. The SMILES string of the molecule is O=C(Nc1ccc2c(c1)OCCO2)c1ccc2c(c1)CCC2. The van der Waals surface area contributed by atoms with Gasteiger partial charge < -0.3 is 14.8 Å². The van der Waals surface area contributed by atoms with E-state index in [-0.39, 0.29) is 5.91 Å². The molecular weight excluding hydrogens is 278 g/mol. The maximum Gasteiger partial charge on any atom is 0.255 e. The van der Waals surface area contributed by atoms with Crippen molar-refractivity contribution in [1.82, 2.24) is 0 Å². The average molecular weight is 295 g/mol. The Bertz CT molecular complexity index is 739. The standard InChI is InChI=1S/C18H17NO3/c20-18(14-5-4-12-2-1-3-13(12)10-14)19-15-6-7-16-17(11-15)22-9-8-21-16/h4-7,10-11H,1-3,8-9H2,(H,19,20). The van der Waals surface area contributed by atoms with Gasteiger partial charge in [-0.3, -0.25) is 4.79 Å². The van der Waals surface area contributed by atoms with Crippen LogP contribution in [0.4, 0.5) is 5.69 Å². The first-order valence-corrected chi connectivity index (χ1v) is 7.62. The van der Waals surface area contributed by atoms with E-state index >= 15 is 0 Å². The van der Waals surface area contributed by atoms with E-state index in [9.17, 15) is 4.79 Å². The molecule has 1 amide bonds. The van der Waals surface area contributed by atoms with Gasteiger partial charge in [0.15, 0.2) is 11.5 Å². The van der Waals surface area contributed by atoms with Crippen LogP contribution in [0, 0.1) is 0 Å². The summed E-state index contributed by atoms with van der Waals surface area (Å²) in [5.74, 6) is 1.31. The molecule has 1 N–H and O–H groups in total. The maximum atomic E-state index is 12.4. The number of amides is 1. The summed E-state index contributed by atoms with van der Waals surface area (Å²) in [6.45, 7) is 1.10. The minimum Gasteiger partial charge on any atom is -0.486 e. The highest BCUT2D eigenvalue weighted by molar-refractivity contribution is 6.04. The zero-order chi connectivity index (χ0) is 14.9. The summed E-state index contributed by atoms with van der Waals surface area (Å²) in [7, 11) is 0. The predicted molar refractivity (Wildman–Crippen MR) is 83.9 cm³/mol. The minimum atomic E-state index is -0.0913. The fourth-order valence-electron chi connectivity index (χ4n) is 3.04. The van der Waals surface area contributed by atoms with E-state index in [4.69, 9.17) is 9.47 Å². The molecule has 2 aromatic carbocycles. The van der Waals surface area contributed by atoms with Crippen molar-refractivity contribution in [2.24, 2.45) is 0 Å². The monoisotopic (exact) mass is 295 g/mol. The Morgan fingerprint density at radius 2 is 1.73 bits per heavy atom. The molecule has 1 heterocycles. The molecule has 0 saturated carbocycles. The Balaban J connectivity index is 1.54. The molecule has 0 aromatic heterocycles. The third kappa shape index (κ3) is 2.41. The third-order valence-electron chi connectivity index (χ3n) is 4.16. The van der Waals surface area contributed by atoms with Crippen LogP contribution in [0.3, 0.4) is 0 Å². The molecule has 1 aliphatic carbocycles. The summed E-state index contributed by atoms with van der Waals surface area (Å²) in [5.41, 5.74) is 4.09. The quantitative estimate of drug-likeness (QED) is 0.925. The molecule has 4 nitrogen and oxygen atoms in total. The van der Waals surface area contributed by atoms with Crippen LogP contribution in [0.1, 0.15) is 27.9 Å². The van der Waals surface area contributed by atoms with E-state index in [2.05, 4.69) is 11.4 Å². The van der Waals surface area contributed by atoms with Crippen molar-refractivity contribution in [3.63, 3.8) is 0 Å². The van der Waals surface area contributed by atoms with Crippen LogP contribution >= 0.6 is 0 Å². The zero-order valence-corrected chi connectivity index (χ0v) is 12.2. The number of rotatable bonds is 2. The van der Waals surface area contributed by atoms with Crippen molar-refractivity contribution in [3.8, 4) is 11.5 Å². The number of carbonyl (C=O) groups is 1. The molecular formula is C18H17NO3. The molecule has 112 valence electrons. The van der Waals surface area contributed by atoms with Crippen molar-refractivity contribution >= 4 is 11.6 Å². The lowest BCUT2D eigenvalue weighted by Gasteiger charge is -2.19. The van der Waals surface area contributed by atoms with Crippen LogP contribution in [0.5, 0.6) is 11.5 Å². The normalized spacial score (nSPS) is 15.3. The molecule has 0 atom stereocenters. The third-order valence-corrected chi connectivity index (χ3v) is 4.16. The fraction of sp³-hybridized carbons (Fsp3) is 0.278. The van der Waals surface area contributed by atoms with Crippen molar-refractivity contribution < 1.29 is 14.3 Å². The van der Waals surface area contributed by atoms with Gasteiger partial charge in [-0.05, 0) is 54.7 Å². The minimum absolute atomic E-state index is 0.0913. The van der Waals surface area contributed by atoms with Crippen LogP contribution in [0.25, 0.3) is 0 Å². The number of carbonyl (C=O) groups excluding carboxylic acids is 1. The lowest BCUT2D eigenvalue weighted by molar-refractivity contribution is 0.102. The molecule has 2 aromatic rings. The van der Waals surface area contributed by atoms with Gasteiger partial charge in [0.25, 0.3) is 5.91 Å². The number of anilines is 1. The van der Waals surface area contributed by atoms with Gasteiger partial charge in [-0.1, -0.05) is 6.07 Å². The molecule has 1 aliphatic heterocycles. The average Bonchev–Trinajstić information content (AvgIpc) is 3.02. The zero-order valence-electron chi connectivity index (χ0n) is 12.2. The van der Waals surface area contributed by atoms with Crippen molar-refractivity contribution in [2.45, 2.75) is 19.3 Å². The first-order chi connectivity index (χ1) is 10.8. The van der Waals surface area contributed by atoms with E-state index in [1.807, 2.05) is 24.3 Å². The van der Waals surface area contributed by atoms with Gasteiger partial charge in [0.05, 0.1) is 0 Å². The molecule has 0 spiro atoms. The molecule has 0 bridgehead atoms. The largest absolute Gasteiger partial charge is 0.486 e. The molecule has 4 heteroatoms. The summed E-state index contributed by atoms with van der Waals surface area (Å²) in [6.07, 6.45) is 3.38. The second-order valence-corrected chi connectivity index (χ2v) is 5.65. The highest BCUT2D eigenvalue weighted by atomic mass is 16.6. The van der Waals surface area contributed by atoms with Gasteiger partial charge in [0, 0.05) is 17.3 Å². The van der Waals surface area contributed by atoms with Crippen molar-refractivity contribution in [2.75, 3.05) is 18.5 Å². The summed E-state index contributed by atoms with van der Waals surface area (Å²) >= 11 is 0. The second-order valence-electron chi connectivity index (χ2n) is 5.65. The highest BCUT2D eigenvalue weighted by Crippen LogP contribution is 2.32. The second kappa shape index (κ2) is 5.37. The first-order valence-electron chi connectivity index (χ1n) is 7.62. The van der Waals surface area contributed by atoms with Gasteiger partial charge in [-0.25, -0.2) is 0 Å². The van der Waals surface area contributed by atoms with Crippen LogP contribution in [0.15, 0.2) is 36.4 Å². The van der Waals surface area contributed by atoms with Crippen LogP contribution < -0.4 is 14.8 Å². The number of benzene rings is 2. The van der Waals surface area contributed by atoms with Crippen LogP contribution in [-0.2, 0) is 12.8 Å². The number of aryl methyl sites for hydroxylation is 2. The fourth-order valence-corrected chi connectivity index (χ4v) is 3.04. The Morgan fingerprint density at radius 1 is 0.909 bits per heavy atom. The Kier molecular flexibility index (Phi) is 3.22. The number of hydrogen-bond donors (Lipinski definition) is 1. The Morgan fingerprint density at radius 3 is 2.64 bits per heavy atom. The first kappa shape index (κ1) is 13.2. The number of hydrogen-bond acceptors (Lipinski definition) is 3. The molecule has 0 saturated heterocycles. The van der Waals surface area contributed by atoms with E-state index in [1.54, 1.807) is 6.07 Å². The number of nitrogens with one attached hydrogen (secondary N) is 1. The molecule has 0 radical (unpaired) electrons. The van der Waals surface area contributed by atoms with Crippen LogP contribution in [-0.4, -0.2) is 19.1 Å². The van der Waals surface area contributed by atoms with Gasteiger partial charge in [-0.15, -0.1) is 0 Å². The van der Waals surface area contributed by atoms with E-state index in [0.29, 0.717) is 24.5 Å². The highest BCUT2D eigenvalue weighted by Gasteiger charge is 2.16. The number of ether oxygens (including phenoxy) is 2. The molecule has 22 heavy (non-hydrogen) atoms. The Labute approximate surface area is 129 Å². The molecule has 2 aliphatic rings. The van der Waals surface area contributed by atoms with Gasteiger partial charge in [-0.2, -0.15) is 0 Å². The lowest BCUT2D eigenvalue weighted by Crippen LogP contribution is -2.16. The summed E-state index contributed by atoms with van der Waals surface area (Å²) in [5, 5.41) is 2.93. The number of fused-ring (bicyclic) bond motifs is 2. The summed E-state index contributed by atoms with van der Waals surface area (Å²) in [4.78, 5) is 12.4. The smallest absolute Gasteiger partial charge is 0.255 e. The van der Waals surface area contributed by atoms with Gasteiger partial charge in [0.2, 0.25) is 0 Å².